The van der Waals surface area contributed by atoms with Crippen LogP contribution < -0.4 is 10.6 Å². The lowest BCUT2D eigenvalue weighted by atomic mass is 10.1. The maximum atomic E-state index is 11.2. The zero-order chi connectivity index (χ0) is 12.5. The topological polar surface area (TPSA) is 91.2 Å². The summed E-state index contributed by atoms with van der Waals surface area (Å²) in [5.41, 5.74) is 0. The van der Waals surface area contributed by atoms with Crippen molar-refractivity contribution in [1.82, 2.24) is 10.6 Å². The van der Waals surface area contributed by atoms with Crippen LogP contribution in [0.2, 0.25) is 0 Å². The first-order chi connectivity index (χ1) is 8.24. The van der Waals surface area contributed by atoms with Crippen LogP contribution in [0.4, 0.5) is 0 Å². The predicted molar refractivity (Wildman–Crippen MR) is 59.8 cm³/mol. The number of carbonyl (C=O) groups is 2. The van der Waals surface area contributed by atoms with Crippen molar-refractivity contribution in [3.05, 3.63) is 0 Å². The molecule has 1 aliphatic heterocycles. The largest absolute Gasteiger partial charge is 0.378 e. The fourth-order valence-electron chi connectivity index (χ4n) is 1.66. The molecular formula is C11H17N3O3. The quantitative estimate of drug-likeness (QED) is 0.520. The Balaban J connectivity index is 2.10. The Morgan fingerprint density at radius 1 is 1.29 bits per heavy atom. The lowest BCUT2D eigenvalue weighted by Gasteiger charge is -2.22. The van der Waals surface area contributed by atoms with E-state index in [1.807, 2.05) is 0 Å². The summed E-state index contributed by atoms with van der Waals surface area (Å²) < 4.78 is 5.49. The van der Waals surface area contributed by atoms with Gasteiger partial charge in [0.05, 0.1) is 12.2 Å². The van der Waals surface area contributed by atoms with Gasteiger partial charge in [-0.3, -0.25) is 9.59 Å². The average Bonchev–Trinajstić information content (AvgIpc) is 2.37. The molecule has 0 aromatic carbocycles. The summed E-state index contributed by atoms with van der Waals surface area (Å²) in [5.74, 6) is -1.47. The van der Waals surface area contributed by atoms with E-state index in [-0.39, 0.29) is 12.6 Å². The van der Waals surface area contributed by atoms with Gasteiger partial charge in [-0.2, -0.15) is 5.26 Å². The Kier molecular flexibility index (Phi) is 6.04. The van der Waals surface area contributed by atoms with Crippen LogP contribution in [-0.4, -0.2) is 37.6 Å². The molecule has 0 bridgehead atoms. The zero-order valence-corrected chi connectivity index (χ0v) is 9.70. The lowest BCUT2D eigenvalue weighted by molar-refractivity contribution is -0.139. The number of nitrogens with one attached hydrogen (secondary N) is 2. The number of nitriles is 1. The van der Waals surface area contributed by atoms with Gasteiger partial charge in [-0.1, -0.05) is 0 Å². The molecule has 2 N–H and O–H groups in total. The van der Waals surface area contributed by atoms with E-state index in [4.69, 9.17) is 10.00 Å². The minimum absolute atomic E-state index is 0.155. The Bertz CT molecular complexity index is 306. The van der Waals surface area contributed by atoms with Crippen LogP contribution in [0, 0.1) is 11.3 Å². The normalized spacial score (nSPS) is 19.1. The minimum Gasteiger partial charge on any atom is -0.378 e. The van der Waals surface area contributed by atoms with Crippen LogP contribution in [0.25, 0.3) is 0 Å². The number of rotatable bonds is 4. The molecule has 1 aliphatic rings. The first kappa shape index (κ1) is 13.5. The van der Waals surface area contributed by atoms with E-state index in [0.29, 0.717) is 6.54 Å². The highest BCUT2D eigenvalue weighted by Gasteiger charge is 2.15. The second-order valence-corrected chi connectivity index (χ2v) is 3.87. The van der Waals surface area contributed by atoms with Crippen LogP contribution in [0.5, 0.6) is 0 Å². The molecule has 17 heavy (non-hydrogen) atoms. The fraction of sp³-hybridized carbons (Fsp3) is 0.727. The average molecular weight is 239 g/mol. The zero-order valence-electron chi connectivity index (χ0n) is 9.70. The van der Waals surface area contributed by atoms with Gasteiger partial charge in [-0.05, 0) is 25.7 Å². The van der Waals surface area contributed by atoms with E-state index < -0.39 is 11.8 Å². The first-order valence-corrected chi connectivity index (χ1v) is 5.78. The maximum absolute atomic E-state index is 11.2. The van der Waals surface area contributed by atoms with Crippen molar-refractivity contribution in [2.75, 3.05) is 19.7 Å². The minimum atomic E-state index is -0.767. The molecule has 0 saturated carbocycles. The van der Waals surface area contributed by atoms with Crippen molar-refractivity contribution < 1.29 is 14.3 Å². The van der Waals surface area contributed by atoms with E-state index in [9.17, 15) is 9.59 Å². The van der Waals surface area contributed by atoms with Crippen LogP contribution in [-0.2, 0) is 14.3 Å². The third-order valence-corrected chi connectivity index (χ3v) is 2.56. The molecule has 2 amide bonds. The van der Waals surface area contributed by atoms with Gasteiger partial charge in [0.2, 0.25) is 0 Å². The molecule has 6 heteroatoms. The van der Waals surface area contributed by atoms with Crippen LogP contribution in [0.3, 0.4) is 0 Å². The van der Waals surface area contributed by atoms with Gasteiger partial charge < -0.3 is 15.4 Å². The van der Waals surface area contributed by atoms with Gasteiger partial charge in [0.15, 0.2) is 0 Å². The Labute approximate surface area is 100 Å². The third kappa shape index (κ3) is 5.31. The van der Waals surface area contributed by atoms with E-state index in [1.165, 1.54) is 0 Å². The molecule has 0 aromatic rings. The fourth-order valence-corrected chi connectivity index (χ4v) is 1.66. The van der Waals surface area contributed by atoms with Gasteiger partial charge >= 0.3 is 11.8 Å². The van der Waals surface area contributed by atoms with Gasteiger partial charge in [-0.15, -0.1) is 0 Å². The third-order valence-electron chi connectivity index (χ3n) is 2.56. The van der Waals surface area contributed by atoms with E-state index in [0.717, 1.165) is 32.3 Å². The molecule has 6 nitrogen and oxygen atoms in total. The summed E-state index contributed by atoms with van der Waals surface area (Å²) in [7, 11) is 0. The van der Waals surface area contributed by atoms with Gasteiger partial charge in [0.25, 0.3) is 0 Å². The first-order valence-electron chi connectivity index (χ1n) is 5.78. The summed E-state index contributed by atoms with van der Waals surface area (Å²) in [6, 6.07) is 1.73. The van der Waals surface area contributed by atoms with Crippen molar-refractivity contribution in [2.24, 2.45) is 0 Å². The lowest BCUT2D eigenvalue weighted by Crippen LogP contribution is -2.41. The van der Waals surface area contributed by atoms with Crippen LogP contribution >= 0.6 is 0 Å². The standard InChI is InChI=1S/C11H17N3O3/c12-5-7-14-11(16)10(15)13-6-4-9-3-1-2-8-17-9/h9H,1-4,6-8H2,(H,13,15)(H,14,16). The SMILES string of the molecule is N#CCNC(=O)C(=O)NCCC1CCCCO1. The summed E-state index contributed by atoms with van der Waals surface area (Å²) in [6.45, 7) is 1.04. The number of nitrogens with zero attached hydrogens (tertiary/aromatic N) is 1. The monoisotopic (exact) mass is 239 g/mol. The smallest absolute Gasteiger partial charge is 0.310 e. The molecule has 1 fully saturated rings. The molecule has 1 heterocycles. The molecule has 94 valence electrons. The number of amides is 2. The second-order valence-electron chi connectivity index (χ2n) is 3.87. The molecule has 0 aliphatic carbocycles. The molecule has 0 radical (unpaired) electrons. The van der Waals surface area contributed by atoms with E-state index >= 15 is 0 Å². The van der Waals surface area contributed by atoms with Crippen molar-refractivity contribution in [2.45, 2.75) is 31.8 Å². The number of hydrogen-bond donors (Lipinski definition) is 2. The molecular weight excluding hydrogens is 222 g/mol. The number of carbonyl (C=O) groups excluding carboxylic acids is 2. The predicted octanol–water partition coefficient (Wildman–Crippen LogP) is -0.298. The second kappa shape index (κ2) is 7.63. The summed E-state index contributed by atoms with van der Waals surface area (Å²) >= 11 is 0. The molecule has 1 saturated heterocycles. The van der Waals surface area contributed by atoms with Crippen LogP contribution in [0.1, 0.15) is 25.7 Å². The van der Waals surface area contributed by atoms with Crippen LogP contribution in [0.15, 0.2) is 0 Å². The Morgan fingerprint density at radius 2 is 2.06 bits per heavy atom. The van der Waals surface area contributed by atoms with Crippen molar-refractivity contribution in [3.63, 3.8) is 0 Å². The van der Waals surface area contributed by atoms with Crippen molar-refractivity contribution >= 4 is 11.8 Å². The molecule has 1 atom stereocenters. The molecule has 1 unspecified atom stereocenters. The summed E-state index contributed by atoms with van der Waals surface area (Å²) in [5, 5.41) is 12.9. The van der Waals surface area contributed by atoms with E-state index in [1.54, 1.807) is 6.07 Å². The van der Waals surface area contributed by atoms with Gasteiger partial charge in [0, 0.05) is 13.2 Å². The highest BCUT2D eigenvalue weighted by atomic mass is 16.5. The Morgan fingerprint density at radius 3 is 2.71 bits per heavy atom. The maximum Gasteiger partial charge on any atom is 0.310 e. The Hall–Kier alpha value is -1.61. The number of ether oxygens (including phenoxy) is 1. The highest BCUT2D eigenvalue weighted by molar-refractivity contribution is 6.35. The van der Waals surface area contributed by atoms with Crippen molar-refractivity contribution in [3.8, 4) is 6.07 Å². The number of hydrogen-bond acceptors (Lipinski definition) is 4. The molecule has 0 spiro atoms. The van der Waals surface area contributed by atoms with Gasteiger partial charge in [-0.25, -0.2) is 0 Å². The van der Waals surface area contributed by atoms with E-state index in [2.05, 4.69) is 10.6 Å². The van der Waals surface area contributed by atoms with Crippen molar-refractivity contribution in [1.29, 1.82) is 5.26 Å². The molecule has 0 aromatic heterocycles. The summed E-state index contributed by atoms with van der Waals surface area (Å²) in [6.07, 6.45) is 4.17. The van der Waals surface area contributed by atoms with Gasteiger partial charge in [0.1, 0.15) is 6.54 Å². The molecule has 1 rings (SSSR count). The summed E-state index contributed by atoms with van der Waals surface area (Å²) in [4.78, 5) is 22.3. The highest BCUT2D eigenvalue weighted by Crippen LogP contribution is 2.14.